The van der Waals surface area contributed by atoms with Crippen LogP contribution in [0.2, 0.25) is 0 Å². The predicted octanol–water partition coefficient (Wildman–Crippen LogP) is 2.34. The quantitative estimate of drug-likeness (QED) is 0.636. The number of carbonyl (C=O) groups excluding carboxylic acids is 3. The molecule has 1 saturated heterocycles. The molecule has 0 aliphatic carbocycles. The van der Waals surface area contributed by atoms with Crippen molar-refractivity contribution in [2.45, 2.75) is 19.8 Å². The molecule has 1 aromatic rings. The number of benzene rings is 1. The second-order valence-electron chi connectivity index (χ2n) is 6.24. The number of amides is 3. The smallest absolute Gasteiger partial charge is 0.261 e. The number of likely N-dealkylation sites (tertiary alicyclic amines) is 1. The number of rotatable bonds is 3. The molecule has 0 N–H and O–H groups in total. The average molecular weight is 312 g/mol. The molecule has 0 bridgehead atoms. The molecular weight excluding hydrogens is 292 g/mol. The van der Waals surface area contributed by atoms with Crippen LogP contribution in [0.1, 0.15) is 50.8 Å². The Morgan fingerprint density at radius 1 is 1.22 bits per heavy atom. The maximum atomic E-state index is 12.6. The van der Waals surface area contributed by atoms with Crippen molar-refractivity contribution in [2.24, 2.45) is 5.92 Å². The standard InChI is InChI=1S/C18H20N2O3/c1-3-8-20-17(22)14-5-4-13(11-15(14)18(20)23)16(21)19-9-6-12(2)7-10-19/h3-5,11-12H,1,6-10H2,2H3. The molecule has 5 nitrogen and oxygen atoms in total. The van der Waals surface area contributed by atoms with E-state index in [2.05, 4.69) is 13.5 Å². The van der Waals surface area contributed by atoms with Crippen molar-refractivity contribution >= 4 is 17.7 Å². The summed E-state index contributed by atoms with van der Waals surface area (Å²) in [6, 6.07) is 4.78. The summed E-state index contributed by atoms with van der Waals surface area (Å²) in [6.45, 7) is 7.42. The lowest BCUT2D eigenvalue weighted by Crippen LogP contribution is -2.38. The van der Waals surface area contributed by atoms with E-state index in [-0.39, 0.29) is 24.3 Å². The summed E-state index contributed by atoms with van der Waals surface area (Å²) in [7, 11) is 0. The number of hydrogen-bond donors (Lipinski definition) is 0. The molecule has 3 amide bonds. The first-order valence-corrected chi connectivity index (χ1v) is 7.93. The van der Waals surface area contributed by atoms with E-state index in [0.29, 0.717) is 22.6 Å². The molecule has 0 unspecified atom stereocenters. The molecule has 2 aliphatic rings. The number of hydrogen-bond acceptors (Lipinski definition) is 3. The molecule has 0 atom stereocenters. The van der Waals surface area contributed by atoms with Gasteiger partial charge >= 0.3 is 0 Å². The predicted molar refractivity (Wildman–Crippen MR) is 86.3 cm³/mol. The number of fused-ring (bicyclic) bond motifs is 1. The normalized spacial score (nSPS) is 18.3. The highest BCUT2D eigenvalue weighted by Gasteiger charge is 2.35. The summed E-state index contributed by atoms with van der Waals surface area (Å²) in [5, 5.41) is 0. The van der Waals surface area contributed by atoms with Gasteiger partial charge in [-0.15, -0.1) is 6.58 Å². The number of imide groups is 1. The van der Waals surface area contributed by atoms with Gasteiger partial charge in [0.25, 0.3) is 17.7 Å². The van der Waals surface area contributed by atoms with Crippen molar-refractivity contribution < 1.29 is 14.4 Å². The van der Waals surface area contributed by atoms with Crippen molar-refractivity contribution in [3.8, 4) is 0 Å². The molecule has 0 aromatic heterocycles. The third kappa shape index (κ3) is 2.67. The van der Waals surface area contributed by atoms with Gasteiger partial charge < -0.3 is 4.90 Å². The maximum Gasteiger partial charge on any atom is 0.261 e. The summed E-state index contributed by atoms with van der Waals surface area (Å²) in [6.07, 6.45) is 3.52. The van der Waals surface area contributed by atoms with Crippen LogP contribution < -0.4 is 0 Å². The molecule has 2 heterocycles. The van der Waals surface area contributed by atoms with Crippen LogP contribution in [0, 0.1) is 5.92 Å². The summed E-state index contributed by atoms with van der Waals surface area (Å²) in [5.41, 5.74) is 1.15. The Morgan fingerprint density at radius 2 is 1.87 bits per heavy atom. The van der Waals surface area contributed by atoms with Crippen LogP contribution in [-0.4, -0.2) is 47.2 Å². The Bertz CT molecular complexity index is 688. The Morgan fingerprint density at radius 3 is 2.52 bits per heavy atom. The Labute approximate surface area is 135 Å². The largest absolute Gasteiger partial charge is 0.339 e. The van der Waals surface area contributed by atoms with Gasteiger partial charge in [-0.25, -0.2) is 0 Å². The monoisotopic (exact) mass is 312 g/mol. The lowest BCUT2D eigenvalue weighted by Gasteiger charge is -2.30. The first-order chi connectivity index (χ1) is 11.0. The van der Waals surface area contributed by atoms with Gasteiger partial charge in [0, 0.05) is 25.2 Å². The van der Waals surface area contributed by atoms with Gasteiger partial charge in [0.15, 0.2) is 0 Å². The third-order valence-corrected chi connectivity index (χ3v) is 4.60. The molecule has 2 aliphatic heterocycles. The van der Waals surface area contributed by atoms with Crippen molar-refractivity contribution in [1.82, 2.24) is 9.80 Å². The molecule has 3 rings (SSSR count). The van der Waals surface area contributed by atoms with E-state index in [9.17, 15) is 14.4 Å². The number of piperidine rings is 1. The first kappa shape index (κ1) is 15.5. The third-order valence-electron chi connectivity index (χ3n) is 4.60. The maximum absolute atomic E-state index is 12.6. The van der Waals surface area contributed by atoms with E-state index in [1.54, 1.807) is 18.2 Å². The van der Waals surface area contributed by atoms with Gasteiger partial charge in [-0.2, -0.15) is 0 Å². The van der Waals surface area contributed by atoms with Gasteiger partial charge in [0.1, 0.15) is 0 Å². The van der Waals surface area contributed by atoms with Crippen LogP contribution >= 0.6 is 0 Å². The minimum atomic E-state index is -0.355. The van der Waals surface area contributed by atoms with E-state index in [1.807, 2.05) is 4.90 Å². The minimum Gasteiger partial charge on any atom is -0.339 e. The molecule has 23 heavy (non-hydrogen) atoms. The molecule has 120 valence electrons. The van der Waals surface area contributed by atoms with Crippen LogP contribution in [0.5, 0.6) is 0 Å². The van der Waals surface area contributed by atoms with Gasteiger partial charge in [-0.1, -0.05) is 13.0 Å². The second-order valence-corrected chi connectivity index (χ2v) is 6.24. The van der Waals surface area contributed by atoms with E-state index in [0.717, 1.165) is 30.8 Å². The van der Waals surface area contributed by atoms with Crippen molar-refractivity contribution in [3.63, 3.8) is 0 Å². The van der Waals surface area contributed by atoms with Gasteiger partial charge in [0.2, 0.25) is 0 Å². The minimum absolute atomic E-state index is 0.0675. The van der Waals surface area contributed by atoms with Crippen LogP contribution in [0.3, 0.4) is 0 Å². The van der Waals surface area contributed by atoms with Gasteiger partial charge in [-0.05, 0) is 37.0 Å². The van der Waals surface area contributed by atoms with Gasteiger partial charge in [0.05, 0.1) is 11.1 Å². The lowest BCUT2D eigenvalue weighted by atomic mass is 9.98. The van der Waals surface area contributed by atoms with Crippen molar-refractivity contribution in [1.29, 1.82) is 0 Å². The second kappa shape index (κ2) is 5.99. The summed E-state index contributed by atoms with van der Waals surface area (Å²) in [5.74, 6) is -0.102. The highest BCUT2D eigenvalue weighted by molar-refractivity contribution is 6.22. The van der Waals surface area contributed by atoms with Crippen LogP contribution in [0.15, 0.2) is 30.9 Å². The average Bonchev–Trinajstić information content (AvgIpc) is 2.80. The molecular formula is C18H20N2O3. The summed E-state index contributed by atoms with van der Waals surface area (Å²) >= 11 is 0. The lowest BCUT2D eigenvalue weighted by molar-refractivity contribution is 0.0670. The topological polar surface area (TPSA) is 57.7 Å². The summed E-state index contributed by atoms with van der Waals surface area (Å²) < 4.78 is 0. The van der Waals surface area contributed by atoms with Crippen molar-refractivity contribution in [3.05, 3.63) is 47.5 Å². The van der Waals surface area contributed by atoms with E-state index < -0.39 is 0 Å². The fourth-order valence-corrected chi connectivity index (χ4v) is 3.11. The molecule has 5 heteroatoms. The van der Waals surface area contributed by atoms with E-state index in [1.165, 1.54) is 6.08 Å². The Balaban J connectivity index is 1.85. The van der Waals surface area contributed by atoms with E-state index >= 15 is 0 Å². The van der Waals surface area contributed by atoms with E-state index in [4.69, 9.17) is 0 Å². The van der Waals surface area contributed by atoms with Crippen LogP contribution in [0.4, 0.5) is 0 Å². The van der Waals surface area contributed by atoms with Crippen LogP contribution in [0.25, 0.3) is 0 Å². The zero-order chi connectivity index (χ0) is 16.6. The Kier molecular flexibility index (Phi) is 4.03. The highest BCUT2D eigenvalue weighted by Crippen LogP contribution is 2.25. The fraction of sp³-hybridized carbons (Fsp3) is 0.389. The zero-order valence-electron chi connectivity index (χ0n) is 13.2. The molecule has 1 aromatic carbocycles. The SMILES string of the molecule is C=CCN1C(=O)c2ccc(C(=O)N3CCC(C)CC3)cc2C1=O. The summed E-state index contributed by atoms with van der Waals surface area (Å²) in [4.78, 5) is 40.1. The molecule has 0 saturated carbocycles. The Hall–Kier alpha value is -2.43. The number of nitrogens with zero attached hydrogens (tertiary/aromatic N) is 2. The fourth-order valence-electron chi connectivity index (χ4n) is 3.11. The highest BCUT2D eigenvalue weighted by atomic mass is 16.2. The first-order valence-electron chi connectivity index (χ1n) is 7.93. The number of carbonyl (C=O) groups is 3. The van der Waals surface area contributed by atoms with Gasteiger partial charge in [-0.3, -0.25) is 19.3 Å². The molecule has 0 radical (unpaired) electrons. The van der Waals surface area contributed by atoms with Crippen LogP contribution in [-0.2, 0) is 0 Å². The zero-order valence-corrected chi connectivity index (χ0v) is 13.2. The molecule has 1 fully saturated rings. The van der Waals surface area contributed by atoms with Crippen molar-refractivity contribution in [2.75, 3.05) is 19.6 Å². The molecule has 0 spiro atoms.